The zero-order valence-electron chi connectivity index (χ0n) is 28.5. The van der Waals surface area contributed by atoms with Gasteiger partial charge < -0.3 is 9.53 Å². The Morgan fingerprint density at radius 2 is 1.21 bits per heavy atom. The van der Waals surface area contributed by atoms with Crippen LogP contribution >= 0.6 is 0 Å². The van der Waals surface area contributed by atoms with E-state index in [-0.39, 0.29) is 5.97 Å². The van der Waals surface area contributed by atoms with Gasteiger partial charge in [0.15, 0.2) is 0 Å². The largest absolute Gasteiger partial charge is 0.466 e. The molecule has 0 fully saturated rings. The standard InChI is InChI=1S/C39H69NO3/c1-3-5-7-17-26-37(27-18-8-6-4-2)30-25-35-43-39(42)31-21-12-11-14-23-33-40(36-38-28-19-16-20-29-38)32-22-13-9-10-15-24-34-41/h16,19-20,28-29,34,37H,3-15,17-18,21-27,30-33,35-36H2,1-2H3. The SMILES string of the molecule is CCCCCCC(CCCCCC)CCCOC(=O)CCCCCCCN(CCCCCCCC=O)Cc1ccccc1. The third-order valence-corrected chi connectivity index (χ3v) is 8.85. The summed E-state index contributed by atoms with van der Waals surface area (Å²) in [6.07, 6.45) is 29.7. The number of unbranched alkanes of at least 4 members (excludes halogenated alkanes) is 15. The summed E-state index contributed by atoms with van der Waals surface area (Å²) in [4.78, 5) is 25.4. The molecular weight excluding hydrogens is 530 g/mol. The summed E-state index contributed by atoms with van der Waals surface area (Å²) >= 11 is 0. The van der Waals surface area contributed by atoms with Crippen LogP contribution < -0.4 is 0 Å². The van der Waals surface area contributed by atoms with Gasteiger partial charge in [-0.15, -0.1) is 0 Å². The third kappa shape index (κ3) is 25.4. The van der Waals surface area contributed by atoms with Crippen molar-refractivity contribution >= 4 is 12.3 Å². The quantitative estimate of drug-likeness (QED) is 0.0469. The average Bonchev–Trinajstić information content (AvgIpc) is 3.02. The number of esters is 1. The lowest BCUT2D eigenvalue weighted by molar-refractivity contribution is -0.144. The molecule has 0 amide bonds. The molecule has 0 N–H and O–H groups in total. The molecule has 0 saturated heterocycles. The van der Waals surface area contributed by atoms with Crippen LogP contribution in [0, 0.1) is 5.92 Å². The van der Waals surface area contributed by atoms with Crippen molar-refractivity contribution < 1.29 is 14.3 Å². The zero-order chi connectivity index (χ0) is 31.1. The van der Waals surface area contributed by atoms with E-state index in [9.17, 15) is 9.59 Å². The second-order valence-corrected chi connectivity index (χ2v) is 12.9. The highest BCUT2D eigenvalue weighted by molar-refractivity contribution is 5.69. The Hall–Kier alpha value is -1.68. The van der Waals surface area contributed by atoms with E-state index in [1.165, 1.54) is 121 Å². The third-order valence-electron chi connectivity index (χ3n) is 8.85. The van der Waals surface area contributed by atoms with Crippen LogP contribution in [0.25, 0.3) is 0 Å². The highest BCUT2D eigenvalue weighted by Crippen LogP contribution is 2.23. The molecule has 43 heavy (non-hydrogen) atoms. The fourth-order valence-corrected chi connectivity index (χ4v) is 6.12. The fourth-order valence-electron chi connectivity index (χ4n) is 6.12. The highest BCUT2D eigenvalue weighted by atomic mass is 16.5. The molecule has 0 atom stereocenters. The monoisotopic (exact) mass is 600 g/mol. The van der Waals surface area contributed by atoms with Gasteiger partial charge in [-0.05, 0) is 63.1 Å². The summed E-state index contributed by atoms with van der Waals surface area (Å²) in [5.41, 5.74) is 1.39. The number of carbonyl (C=O) groups is 2. The summed E-state index contributed by atoms with van der Waals surface area (Å²) in [7, 11) is 0. The molecule has 0 saturated carbocycles. The van der Waals surface area contributed by atoms with Crippen molar-refractivity contribution in [3.05, 3.63) is 35.9 Å². The van der Waals surface area contributed by atoms with E-state index >= 15 is 0 Å². The van der Waals surface area contributed by atoms with Gasteiger partial charge in [0.05, 0.1) is 6.61 Å². The maximum atomic E-state index is 12.3. The first-order valence-corrected chi connectivity index (χ1v) is 18.5. The molecule has 1 rings (SSSR count). The number of benzene rings is 1. The fraction of sp³-hybridized carbons (Fsp3) is 0.795. The predicted octanol–water partition coefficient (Wildman–Crippen LogP) is 11.2. The minimum absolute atomic E-state index is 0.00244. The molecule has 0 aliphatic heterocycles. The number of nitrogens with zero attached hydrogens (tertiary/aromatic N) is 1. The van der Waals surface area contributed by atoms with Crippen molar-refractivity contribution in [1.82, 2.24) is 4.90 Å². The van der Waals surface area contributed by atoms with E-state index in [1.54, 1.807) is 0 Å². The Morgan fingerprint density at radius 3 is 1.81 bits per heavy atom. The van der Waals surface area contributed by atoms with E-state index in [2.05, 4.69) is 49.1 Å². The van der Waals surface area contributed by atoms with Gasteiger partial charge >= 0.3 is 5.97 Å². The second kappa shape index (κ2) is 30.4. The molecule has 0 aromatic heterocycles. The number of hydrogen-bond acceptors (Lipinski definition) is 4. The molecule has 1 aromatic carbocycles. The number of carbonyl (C=O) groups excluding carboxylic acids is 2. The number of rotatable bonds is 32. The van der Waals surface area contributed by atoms with Gasteiger partial charge in [0, 0.05) is 19.4 Å². The molecule has 0 aliphatic carbocycles. The maximum Gasteiger partial charge on any atom is 0.305 e. The van der Waals surface area contributed by atoms with Crippen molar-refractivity contribution in [2.75, 3.05) is 19.7 Å². The summed E-state index contributed by atoms with van der Waals surface area (Å²) in [6.45, 7) is 8.48. The average molecular weight is 600 g/mol. The summed E-state index contributed by atoms with van der Waals surface area (Å²) in [6, 6.07) is 10.8. The van der Waals surface area contributed by atoms with Gasteiger partial charge in [0.25, 0.3) is 0 Å². The molecular formula is C39H69NO3. The van der Waals surface area contributed by atoms with Crippen LogP contribution in [0.5, 0.6) is 0 Å². The van der Waals surface area contributed by atoms with Crippen molar-refractivity contribution in [3.8, 4) is 0 Å². The molecule has 4 heteroatoms. The van der Waals surface area contributed by atoms with Gasteiger partial charge in [0.2, 0.25) is 0 Å². The smallest absolute Gasteiger partial charge is 0.305 e. The van der Waals surface area contributed by atoms with Gasteiger partial charge in [-0.2, -0.15) is 0 Å². The lowest BCUT2D eigenvalue weighted by atomic mass is 9.91. The van der Waals surface area contributed by atoms with Crippen LogP contribution in [0.3, 0.4) is 0 Å². The molecule has 0 spiro atoms. The Kier molecular flexibility index (Phi) is 27.8. The number of ether oxygens (including phenoxy) is 1. The van der Waals surface area contributed by atoms with Crippen molar-refractivity contribution in [2.45, 2.75) is 174 Å². The number of hydrogen-bond donors (Lipinski definition) is 0. The van der Waals surface area contributed by atoms with Crippen LogP contribution in [0.15, 0.2) is 30.3 Å². The van der Waals surface area contributed by atoms with E-state index in [0.29, 0.717) is 19.4 Å². The Balaban J connectivity index is 2.16. The van der Waals surface area contributed by atoms with Crippen molar-refractivity contribution in [2.24, 2.45) is 5.92 Å². The minimum atomic E-state index is 0.00244. The lowest BCUT2D eigenvalue weighted by Crippen LogP contribution is -2.25. The van der Waals surface area contributed by atoms with Crippen LogP contribution in [-0.4, -0.2) is 36.9 Å². The van der Waals surface area contributed by atoms with Crippen LogP contribution in [0.2, 0.25) is 0 Å². The highest BCUT2D eigenvalue weighted by Gasteiger charge is 2.10. The summed E-state index contributed by atoms with van der Waals surface area (Å²) in [5, 5.41) is 0. The van der Waals surface area contributed by atoms with Gasteiger partial charge in [0.1, 0.15) is 6.29 Å². The molecule has 0 heterocycles. The first-order valence-electron chi connectivity index (χ1n) is 18.5. The van der Waals surface area contributed by atoms with Crippen molar-refractivity contribution in [3.63, 3.8) is 0 Å². The van der Waals surface area contributed by atoms with Crippen LogP contribution in [-0.2, 0) is 20.9 Å². The summed E-state index contributed by atoms with van der Waals surface area (Å²) < 4.78 is 5.61. The Morgan fingerprint density at radius 1 is 0.674 bits per heavy atom. The Labute approximate surface area is 267 Å². The lowest BCUT2D eigenvalue weighted by Gasteiger charge is -2.22. The van der Waals surface area contributed by atoms with E-state index in [0.717, 1.165) is 57.5 Å². The molecule has 0 bridgehead atoms. The molecule has 1 aromatic rings. The van der Waals surface area contributed by atoms with E-state index < -0.39 is 0 Å². The van der Waals surface area contributed by atoms with Crippen molar-refractivity contribution in [1.29, 1.82) is 0 Å². The summed E-state index contributed by atoms with van der Waals surface area (Å²) in [5.74, 6) is 0.817. The second-order valence-electron chi connectivity index (χ2n) is 12.9. The Bertz CT molecular complexity index is 725. The maximum absolute atomic E-state index is 12.3. The topological polar surface area (TPSA) is 46.6 Å². The van der Waals surface area contributed by atoms with Crippen LogP contribution in [0.1, 0.15) is 174 Å². The number of aldehydes is 1. The van der Waals surface area contributed by atoms with E-state index in [1.807, 2.05) is 0 Å². The normalized spacial score (nSPS) is 11.4. The first kappa shape index (κ1) is 39.3. The molecule has 0 unspecified atom stereocenters. The minimum Gasteiger partial charge on any atom is -0.466 e. The molecule has 4 nitrogen and oxygen atoms in total. The van der Waals surface area contributed by atoms with Gasteiger partial charge in [-0.25, -0.2) is 0 Å². The molecule has 248 valence electrons. The van der Waals surface area contributed by atoms with Gasteiger partial charge in [-0.1, -0.05) is 147 Å². The molecule has 0 radical (unpaired) electrons. The van der Waals surface area contributed by atoms with Gasteiger partial charge in [-0.3, -0.25) is 9.69 Å². The van der Waals surface area contributed by atoms with E-state index in [4.69, 9.17) is 4.74 Å². The first-order chi connectivity index (χ1) is 21.2. The molecule has 0 aliphatic rings. The predicted molar refractivity (Wildman–Crippen MR) is 184 cm³/mol. The van der Waals surface area contributed by atoms with Crippen LogP contribution in [0.4, 0.5) is 0 Å². The zero-order valence-corrected chi connectivity index (χ0v) is 28.5.